The molecular formula is C13H10N2O4. The van der Waals surface area contributed by atoms with Gasteiger partial charge in [0.2, 0.25) is 5.76 Å². The number of carboxylic acids is 1. The Morgan fingerprint density at radius 1 is 1.32 bits per heavy atom. The van der Waals surface area contributed by atoms with Gasteiger partial charge in [0, 0.05) is 11.8 Å². The molecule has 1 unspecified atom stereocenters. The molecule has 2 N–H and O–H groups in total. The Hall–Kier alpha value is -2.60. The molecule has 0 radical (unpaired) electrons. The molecule has 0 aromatic carbocycles. The number of hydrogen-bond acceptors (Lipinski definition) is 4. The number of nitrogens with zero attached hydrogens (tertiary/aromatic N) is 2. The molecule has 3 rings (SSSR count). The van der Waals surface area contributed by atoms with E-state index >= 15 is 0 Å². The van der Waals surface area contributed by atoms with Crippen LogP contribution in [0.1, 0.15) is 28.0 Å². The zero-order valence-electron chi connectivity index (χ0n) is 9.72. The summed E-state index contributed by atoms with van der Waals surface area (Å²) in [7, 11) is 0. The lowest BCUT2D eigenvalue weighted by molar-refractivity contribution is 0.0655. The Kier molecular flexibility index (Phi) is 2.57. The van der Waals surface area contributed by atoms with Crippen molar-refractivity contribution in [2.45, 2.75) is 6.10 Å². The highest BCUT2D eigenvalue weighted by Gasteiger charge is 2.20. The van der Waals surface area contributed by atoms with E-state index in [1.807, 2.05) is 18.2 Å². The number of aliphatic hydroxyl groups is 1. The van der Waals surface area contributed by atoms with Crippen LogP contribution in [0, 0.1) is 0 Å². The molecule has 0 saturated carbocycles. The van der Waals surface area contributed by atoms with Gasteiger partial charge in [-0.2, -0.15) is 5.10 Å². The predicted octanol–water partition coefficient (Wildman–Crippen LogP) is 1.71. The van der Waals surface area contributed by atoms with Gasteiger partial charge in [0.1, 0.15) is 11.9 Å². The van der Waals surface area contributed by atoms with Crippen molar-refractivity contribution in [2.75, 3.05) is 0 Å². The Balaban J connectivity index is 2.03. The summed E-state index contributed by atoms with van der Waals surface area (Å²) in [5, 5.41) is 23.1. The van der Waals surface area contributed by atoms with E-state index in [2.05, 4.69) is 5.10 Å². The second kappa shape index (κ2) is 4.25. The molecule has 0 spiro atoms. The Morgan fingerprint density at radius 3 is 2.89 bits per heavy atom. The minimum absolute atomic E-state index is 0.177. The zero-order chi connectivity index (χ0) is 13.4. The largest absolute Gasteiger partial charge is 0.475 e. The summed E-state index contributed by atoms with van der Waals surface area (Å²) in [5.41, 5.74) is 1.30. The van der Waals surface area contributed by atoms with E-state index in [-0.39, 0.29) is 11.5 Å². The molecule has 0 aliphatic carbocycles. The SMILES string of the molecule is O=C(O)c1ccc(C(O)c2cnn3ccccc23)o1. The number of furan rings is 1. The molecule has 96 valence electrons. The van der Waals surface area contributed by atoms with Crippen molar-refractivity contribution < 1.29 is 19.4 Å². The Bertz CT molecular complexity index is 744. The van der Waals surface area contributed by atoms with E-state index in [0.29, 0.717) is 5.56 Å². The van der Waals surface area contributed by atoms with Gasteiger partial charge in [-0.1, -0.05) is 6.07 Å². The van der Waals surface area contributed by atoms with Crippen molar-refractivity contribution in [1.29, 1.82) is 0 Å². The lowest BCUT2D eigenvalue weighted by atomic mass is 10.1. The van der Waals surface area contributed by atoms with Crippen LogP contribution in [0.5, 0.6) is 0 Å². The van der Waals surface area contributed by atoms with Crippen LogP contribution in [-0.4, -0.2) is 25.8 Å². The summed E-state index contributed by atoms with van der Waals surface area (Å²) in [6.07, 6.45) is 2.24. The fourth-order valence-corrected chi connectivity index (χ4v) is 1.93. The number of hydrogen-bond donors (Lipinski definition) is 2. The van der Waals surface area contributed by atoms with Crippen LogP contribution in [0.3, 0.4) is 0 Å². The first-order valence-electron chi connectivity index (χ1n) is 5.60. The van der Waals surface area contributed by atoms with Gasteiger partial charge in [0.05, 0.1) is 11.7 Å². The van der Waals surface area contributed by atoms with Crippen LogP contribution in [0.15, 0.2) is 47.1 Å². The van der Waals surface area contributed by atoms with Crippen molar-refractivity contribution >= 4 is 11.5 Å². The van der Waals surface area contributed by atoms with Crippen LogP contribution in [-0.2, 0) is 0 Å². The second-order valence-electron chi connectivity index (χ2n) is 4.04. The summed E-state index contributed by atoms with van der Waals surface area (Å²) in [5.74, 6) is -1.19. The maximum absolute atomic E-state index is 10.7. The Morgan fingerprint density at radius 2 is 2.16 bits per heavy atom. The lowest BCUT2D eigenvalue weighted by Gasteiger charge is -2.05. The van der Waals surface area contributed by atoms with Gasteiger partial charge in [-0.25, -0.2) is 9.31 Å². The predicted molar refractivity (Wildman–Crippen MR) is 64.9 cm³/mol. The minimum Gasteiger partial charge on any atom is -0.475 e. The third-order valence-electron chi connectivity index (χ3n) is 2.86. The van der Waals surface area contributed by atoms with Gasteiger partial charge >= 0.3 is 5.97 Å². The van der Waals surface area contributed by atoms with Crippen molar-refractivity contribution in [3.63, 3.8) is 0 Å². The molecule has 0 fully saturated rings. The second-order valence-corrected chi connectivity index (χ2v) is 4.04. The molecule has 3 aromatic heterocycles. The molecular weight excluding hydrogens is 248 g/mol. The van der Waals surface area contributed by atoms with Crippen LogP contribution in [0.25, 0.3) is 5.52 Å². The monoisotopic (exact) mass is 258 g/mol. The summed E-state index contributed by atoms with van der Waals surface area (Å²) in [4.78, 5) is 10.7. The third-order valence-corrected chi connectivity index (χ3v) is 2.86. The van der Waals surface area contributed by atoms with E-state index < -0.39 is 12.1 Å². The number of aromatic nitrogens is 2. The first-order chi connectivity index (χ1) is 9.16. The highest BCUT2D eigenvalue weighted by Crippen LogP contribution is 2.26. The summed E-state index contributed by atoms with van der Waals surface area (Å²) in [6.45, 7) is 0. The van der Waals surface area contributed by atoms with E-state index in [9.17, 15) is 9.90 Å². The fraction of sp³-hybridized carbons (Fsp3) is 0.0769. The van der Waals surface area contributed by atoms with Crippen molar-refractivity contribution in [1.82, 2.24) is 9.61 Å². The maximum Gasteiger partial charge on any atom is 0.371 e. The number of carboxylic acid groups (broad SMARTS) is 1. The van der Waals surface area contributed by atoms with Gasteiger partial charge in [-0.15, -0.1) is 0 Å². The van der Waals surface area contributed by atoms with Crippen LogP contribution < -0.4 is 0 Å². The number of rotatable bonds is 3. The average molecular weight is 258 g/mol. The van der Waals surface area contributed by atoms with Gasteiger partial charge in [-0.3, -0.25) is 0 Å². The standard InChI is InChI=1S/C13H10N2O4/c16-12(10-4-5-11(19-10)13(17)18)8-7-14-15-6-2-1-3-9(8)15/h1-7,12,16H,(H,17,18). The molecule has 3 heterocycles. The molecule has 3 aromatic rings. The smallest absolute Gasteiger partial charge is 0.371 e. The quantitative estimate of drug-likeness (QED) is 0.746. The number of carbonyl (C=O) groups is 1. The van der Waals surface area contributed by atoms with Crippen LogP contribution in [0.4, 0.5) is 0 Å². The highest BCUT2D eigenvalue weighted by molar-refractivity contribution is 5.84. The number of aromatic carboxylic acids is 1. The molecule has 0 aliphatic heterocycles. The summed E-state index contributed by atoms with van der Waals surface area (Å²) >= 11 is 0. The van der Waals surface area contributed by atoms with E-state index in [1.54, 1.807) is 10.7 Å². The first-order valence-corrected chi connectivity index (χ1v) is 5.60. The molecule has 0 bridgehead atoms. The van der Waals surface area contributed by atoms with Crippen molar-refractivity contribution in [3.05, 3.63) is 59.8 Å². The normalized spacial score (nSPS) is 12.7. The zero-order valence-corrected chi connectivity index (χ0v) is 9.72. The molecule has 19 heavy (non-hydrogen) atoms. The topological polar surface area (TPSA) is 88.0 Å². The molecule has 0 aliphatic rings. The molecule has 6 nitrogen and oxygen atoms in total. The van der Waals surface area contributed by atoms with Gasteiger partial charge < -0.3 is 14.6 Å². The van der Waals surface area contributed by atoms with Gasteiger partial charge in [0.15, 0.2) is 0 Å². The Labute approximate surface area is 107 Å². The minimum atomic E-state index is -1.17. The number of pyridine rings is 1. The van der Waals surface area contributed by atoms with E-state index in [0.717, 1.165) is 5.52 Å². The highest BCUT2D eigenvalue weighted by atomic mass is 16.4. The molecule has 6 heteroatoms. The van der Waals surface area contributed by atoms with E-state index in [1.165, 1.54) is 18.3 Å². The van der Waals surface area contributed by atoms with Crippen LogP contribution >= 0.6 is 0 Å². The first kappa shape index (κ1) is 11.5. The van der Waals surface area contributed by atoms with Gasteiger partial charge in [0.25, 0.3) is 0 Å². The summed E-state index contributed by atoms with van der Waals surface area (Å²) in [6, 6.07) is 8.23. The van der Waals surface area contributed by atoms with Gasteiger partial charge in [-0.05, 0) is 24.3 Å². The number of fused-ring (bicyclic) bond motifs is 1. The van der Waals surface area contributed by atoms with Crippen molar-refractivity contribution in [2.24, 2.45) is 0 Å². The van der Waals surface area contributed by atoms with Crippen LogP contribution in [0.2, 0.25) is 0 Å². The third kappa shape index (κ3) is 1.88. The van der Waals surface area contributed by atoms with Crippen molar-refractivity contribution in [3.8, 4) is 0 Å². The lowest BCUT2D eigenvalue weighted by Crippen LogP contribution is -1.98. The average Bonchev–Trinajstić information content (AvgIpc) is 3.05. The number of aliphatic hydroxyl groups excluding tert-OH is 1. The maximum atomic E-state index is 10.7. The van der Waals surface area contributed by atoms with E-state index in [4.69, 9.17) is 9.52 Å². The molecule has 0 amide bonds. The molecule has 0 saturated heterocycles. The molecule has 1 atom stereocenters. The summed E-state index contributed by atoms with van der Waals surface area (Å²) < 4.78 is 6.72. The fourth-order valence-electron chi connectivity index (χ4n) is 1.93.